The minimum absolute atomic E-state index is 0.666. The zero-order valence-electron chi connectivity index (χ0n) is 10.5. The minimum Gasteiger partial charge on any atom is -0.298 e. The highest BCUT2D eigenvalue weighted by molar-refractivity contribution is 4.74. The normalized spacial score (nSPS) is 15.0. The molecule has 0 aliphatic rings. The van der Waals surface area contributed by atoms with Gasteiger partial charge in [0.05, 0.1) is 0 Å². The molecule has 0 fully saturated rings. The molecule has 0 bridgehead atoms. The summed E-state index contributed by atoms with van der Waals surface area (Å²) >= 11 is 0. The molecule has 13 heavy (non-hydrogen) atoms. The van der Waals surface area contributed by atoms with Crippen LogP contribution in [0.5, 0.6) is 0 Å². The van der Waals surface area contributed by atoms with Crippen molar-refractivity contribution in [2.75, 3.05) is 6.54 Å². The second-order valence-electron chi connectivity index (χ2n) is 5.17. The van der Waals surface area contributed by atoms with E-state index in [0.717, 1.165) is 11.8 Å². The highest BCUT2D eigenvalue weighted by Gasteiger charge is 2.20. The third-order valence-corrected chi connectivity index (χ3v) is 2.73. The molecule has 0 rings (SSSR count). The SMILES string of the molecule is CC(C)CN(C(C)C)C(C)C(C)C. The fraction of sp³-hybridized carbons (Fsp3) is 1.00. The van der Waals surface area contributed by atoms with Gasteiger partial charge in [-0.15, -0.1) is 0 Å². The molecule has 0 radical (unpaired) electrons. The molecule has 0 aromatic carbocycles. The van der Waals surface area contributed by atoms with Crippen molar-refractivity contribution >= 4 is 0 Å². The summed E-state index contributed by atoms with van der Waals surface area (Å²) in [5.41, 5.74) is 0. The van der Waals surface area contributed by atoms with Gasteiger partial charge in [-0.25, -0.2) is 0 Å². The predicted octanol–water partition coefficient (Wildman–Crippen LogP) is 3.40. The van der Waals surface area contributed by atoms with Crippen molar-refractivity contribution < 1.29 is 0 Å². The third-order valence-electron chi connectivity index (χ3n) is 2.73. The van der Waals surface area contributed by atoms with Gasteiger partial charge in [0.25, 0.3) is 0 Å². The molecule has 0 amide bonds. The quantitative estimate of drug-likeness (QED) is 0.634. The fourth-order valence-electron chi connectivity index (χ4n) is 1.65. The van der Waals surface area contributed by atoms with Gasteiger partial charge >= 0.3 is 0 Å². The van der Waals surface area contributed by atoms with E-state index in [0.29, 0.717) is 12.1 Å². The van der Waals surface area contributed by atoms with Crippen LogP contribution < -0.4 is 0 Å². The van der Waals surface area contributed by atoms with Crippen molar-refractivity contribution in [3.8, 4) is 0 Å². The maximum absolute atomic E-state index is 2.61. The zero-order chi connectivity index (χ0) is 10.6. The Morgan fingerprint density at radius 2 is 1.31 bits per heavy atom. The van der Waals surface area contributed by atoms with E-state index >= 15 is 0 Å². The molecule has 1 heteroatoms. The Kier molecular flexibility index (Phi) is 5.62. The lowest BCUT2D eigenvalue weighted by Gasteiger charge is -2.36. The van der Waals surface area contributed by atoms with Crippen molar-refractivity contribution in [3.05, 3.63) is 0 Å². The molecular weight excluding hydrogens is 158 g/mol. The molecule has 1 atom stereocenters. The minimum atomic E-state index is 0.666. The number of hydrogen-bond donors (Lipinski definition) is 0. The maximum atomic E-state index is 2.61. The number of rotatable bonds is 5. The molecule has 1 nitrogen and oxygen atoms in total. The molecule has 1 unspecified atom stereocenters. The Balaban J connectivity index is 4.24. The monoisotopic (exact) mass is 185 g/mol. The van der Waals surface area contributed by atoms with E-state index in [2.05, 4.69) is 53.4 Å². The lowest BCUT2D eigenvalue weighted by molar-refractivity contribution is 0.114. The van der Waals surface area contributed by atoms with Crippen molar-refractivity contribution in [1.29, 1.82) is 0 Å². The van der Waals surface area contributed by atoms with Crippen molar-refractivity contribution in [3.63, 3.8) is 0 Å². The standard InChI is InChI=1S/C12H27N/c1-9(2)8-13(11(5)6)12(7)10(3)4/h9-12H,8H2,1-7H3. The molecule has 0 saturated carbocycles. The van der Waals surface area contributed by atoms with Gasteiger partial charge in [0.15, 0.2) is 0 Å². The summed E-state index contributed by atoms with van der Waals surface area (Å²) in [6.45, 7) is 17.3. The van der Waals surface area contributed by atoms with Crippen LogP contribution in [0, 0.1) is 11.8 Å². The van der Waals surface area contributed by atoms with Crippen LogP contribution in [0.25, 0.3) is 0 Å². The van der Waals surface area contributed by atoms with Gasteiger partial charge in [0.1, 0.15) is 0 Å². The number of hydrogen-bond acceptors (Lipinski definition) is 1. The van der Waals surface area contributed by atoms with Crippen LogP contribution in [0.4, 0.5) is 0 Å². The fourth-order valence-corrected chi connectivity index (χ4v) is 1.65. The van der Waals surface area contributed by atoms with E-state index in [1.807, 2.05) is 0 Å². The Bertz CT molecular complexity index is 127. The van der Waals surface area contributed by atoms with Gasteiger partial charge in [0.2, 0.25) is 0 Å². The first kappa shape index (κ1) is 13.0. The highest BCUT2D eigenvalue weighted by atomic mass is 15.2. The molecule has 0 aromatic heterocycles. The van der Waals surface area contributed by atoms with E-state index in [9.17, 15) is 0 Å². The Labute approximate surface area is 84.5 Å². The first-order valence-corrected chi connectivity index (χ1v) is 5.62. The second kappa shape index (κ2) is 5.64. The molecule has 0 spiro atoms. The lowest BCUT2D eigenvalue weighted by atomic mass is 10.0. The van der Waals surface area contributed by atoms with Gasteiger partial charge in [-0.3, -0.25) is 4.90 Å². The molecule has 0 N–H and O–H groups in total. The molecule has 0 aliphatic heterocycles. The van der Waals surface area contributed by atoms with Crippen LogP contribution in [0.2, 0.25) is 0 Å². The highest BCUT2D eigenvalue weighted by Crippen LogP contribution is 2.15. The second-order valence-corrected chi connectivity index (χ2v) is 5.17. The molecule has 0 saturated heterocycles. The maximum Gasteiger partial charge on any atom is 0.00927 e. The lowest BCUT2D eigenvalue weighted by Crippen LogP contribution is -2.43. The van der Waals surface area contributed by atoms with Gasteiger partial charge in [-0.05, 0) is 32.6 Å². The van der Waals surface area contributed by atoms with E-state index in [-0.39, 0.29) is 0 Å². The van der Waals surface area contributed by atoms with Crippen LogP contribution in [-0.2, 0) is 0 Å². The largest absolute Gasteiger partial charge is 0.298 e. The first-order chi connectivity index (χ1) is 5.86. The van der Waals surface area contributed by atoms with Crippen LogP contribution in [0.15, 0.2) is 0 Å². The topological polar surface area (TPSA) is 3.24 Å². The Morgan fingerprint density at radius 3 is 1.54 bits per heavy atom. The predicted molar refractivity (Wildman–Crippen MR) is 61.0 cm³/mol. The van der Waals surface area contributed by atoms with E-state index in [1.165, 1.54) is 6.54 Å². The summed E-state index contributed by atoms with van der Waals surface area (Å²) in [6.07, 6.45) is 0. The zero-order valence-corrected chi connectivity index (χ0v) is 10.5. The van der Waals surface area contributed by atoms with E-state index in [4.69, 9.17) is 0 Å². The van der Waals surface area contributed by atoms with E-state index in [1.54, 1.807) is 0 Å². The van der Waals surface area contributed by atoms with Gasteiger partial charge in [-0.1, -0.05) is 27.7 Å². The van der Waals surface area contributed by atoms with Crippen molar-refractivity contribution in [1.82, 2.24) is 4.90 Å². The Morgan fingerprint density at radius 1 is 0.846 bits per heavy atom. The molecule has 0 aliphatic carbocycles. The summed E-state index contributed by atoms with van der Waals surface area (Å²) in [6, 6.07) is 1.36. The van der Waals surface area contributed by atoms with Crippen LogP contribution >= 0.6 is 0 Å². The summed E-state index contributed by atoms with van der Waals surface area (Å²) in [7, 11) is 0. The molecular formula is C12H27N. The smallest absolute Gasteiger partial charge is 0.00927 e. The number of nitrogens with zero attached hydrogens (tertiary/aromatic N) is 1. The van der Waals surface area contributed by atoms with Gasteiger partial charge in [-0.2, -0.15) is 0 Å². The van der Waals surface area contributed by atoms with Crippen LogP contribution in [-0.4, -0.2) is 23.5 Å². The average Bonchev–Trinajstić information content (AvgIpc) is 1.97. The molecule has 0 heterocycles. The third kappa shape index (κ3) is 4.66. The Hall–Kier alpha value is -0.0400. The van der Waals surface area contributed by atoms with Gasteiger partial charge < -0.3 is 0 Å². The van der Waals surface area contributed by atoms with Crippen molar-refractivity contribution in [2.45, 2.75) is 60.5 Å². The van der Waals surface area contributed by atoms with E-state index < -0.39 is 0 Å². The summed E-state index contributed by atoms with van der Waals surface area (Å²) < 4.78 is 0. The average molecular weight is 185 g/mol. The van der Waals surface area contributed by atoms with Crippen LogP contribution in [0.1, 0.15) is 48.5 Å². The summed E-state index contributed by atoms with van der Waals surface area (Å²) in [4.78, 5) is 2.61. The molecule has 0 aromatic rings. The molecule has 80 valence electrons. The first-order valence-electron chi connectivity index (χ1n) is 5.62. The summed E-state index contributed by atoms with van der Waals surface area (Å²) in [5, 5.41) is 0. The summed E-state index contributed by atoms with van der Waals surface area (Å²) in [5.74, 6) is 1.52. The van der Waals surface area contributed by atoms with Crippen molar-refractivity contribution in [2.24, 2.45) is 11.8 Å². The van der Waals surface area contributed by atoms with Crippen LogP contribution in [0.3, 0.4) is 0 Å². The van der Waals surface area contributed by atoms with Gasteiger partial charge in [0, 0.05) is 18.6 Å².